The number of halogens is 1. The Morgan fingerprint density at radius 2 is 2.31 bits per heavy atom. The number of methoxy groups -OCH3 is 1. The van der Waals surface area contributed by atoms with E-state index in [0.717, 1.165) is 0 Å². The van der Waals surface area contributed by atoms with Crippen LogP contribution in [-0.4, -0.2) is 29.9 Å². The molecule has 0 saturated heterocycles. The van der Waals surface area contributed by atoms with Crippen LogP contribution in [0.3, 0.4) is 0 Å². The smallest absolute Gasteiger partial charge is 0.339 e. The first-order chi connectivity index (χ1) is 7.58. The molecular weight excluding hydrogens is 232 g/mol. The van der Waals surface area contributed by atoms with E-state index in [9.17, 15) is 4.79 Å². The Hall–Kier alpha value is -1.75. The summed E-state index contributed by atoms with van der Waals surface area (Å²) in [5.74, 6) is -0.494. The van der Waals surface area contributed by atoms with Crippen LogP contribution >= 0.6 is 11.6 Å². The van der Waals surface area contributed by atoms with E-state index in [2.05, 4.69) is 4.99 Å². The number of carboxylic acids is 1. The fraction of sp³-hybridized carbons (Fsp3) is 0.200. The number of benzene rings is 1. The maximum absolute atomic E-state index is 10.9. The molecule has 86 valence electrons. The minimum absolute atomic E-state index is 0.0334. The van der Waals surface area contributed by atoms with Crippen molar-refractivity contribution in [1.29, 1.82) is 0 Å². The summed E-state index contributed by atoms with van der Waals surface area (Å²) in [4.78, 5) is 14.8. The summed E-state index contributed by atoms with van der Waals surface area (Å²) in [6.07, 6.45) is 0. The number of rotatable bonds is 4. The molecule has 1 aromatic carbocycles. The van der Waals surface area contributed by atoms with Crippen LogP contribution < -0.4 is 10.5 Å². The third-order valence-corrected chi connectivity index (χ3v) is 2.10. The molecule has 1 aromatic rings. The van der Waals surface area contributed by atoms with Gasteiger partial charge in [0.25, 0.3) is 0 Å². The lowest BCUT2D eigenvalue weighted by molar-refractivity contribution is 0.0693. The first kappa shape index (κ1) is 12.3. The molecule has 0 saturated carbocycles. The van der Waals surface area contributed by atoms with Gasteiger partial charge in [-0.3, -0.25) is 0 Å². The molecule has 0 spiro atoms. The van der Waals surface area contributed by atoms with Gasteiger partial charge in [-0.2, -0.15) is 0 Å². The molecule has 0 aliphatic heterocycles. The van der Waals surface area contributed by atoms with E-state index >= 15 is 0 Å². The van der Waals surface area contributed by atoms with Crippen LogP contribution in [0, 0.1) is 0 Å². The van der Waals surface area contributed by atoms with Crippen molar-refractivity contribution in [2.45, 2.75) is 0 Å². The van der Waals surface area contributed by atoms with Crippen molar-refractivity contribution in [3.05, 3.63) is 23.8 Å². The number of ether oxygens (including phenoxy) is 1. The minimum Gasteiger partial charge on any atom is -0.496 e. The molecule has 0 atom stereocenters. The number of hydrogen-bond acceptors (Lipinski definition) is 3. The standard InChI is InChI=1S/C10H11ClN2O3/c1-16-8-3-2-6(13-9(12)5-11)4-7(8)10(14)15/h2-4H,5H2,1H3,(H2,12,13)(H,14,15). The van der Waals surface area contributed by atoms with Gasteiger partial charge in [0.2, 0.25) is 0 Å². The van der Waals surface area contributed by atoms with Gasteiger partial charge in [0.15, 0.2) is 0 Å². The van der Waals surface area contributed by atoms with Crippen molar-refractivity contribution in [2.75, 3.05) is 13.0 Å². The summed E-state index contributed by atoms with van der Waals surface area (Å²) in [5, 5.41) is 8.93. The number of aromatic carboxylic acids is 1. The van der Waals surface area contributed by atoms with Crippen LogP contribution in [0.2, 0.25) is 0 Å². The van der Waals surface area contributed by atoms with E-state index < -0.39 is 5.97 Å². The summed E-state index contributed by atoms with van der Waals surface area (Å²) in [5.41, 5.74) is 5.90. The van der Waals surface area contributed by atoms with Crippen molar-refractivity contribution < 1.29 is 14.6 Å². The molecule has 0 aliphatic rings. The summed E-state index contributed by atoms with van der Waals surface area (Å²) < 4.78 is 4.91. The van der Waals surface area contributed by atoms with Gasteiger partial charge in [0, 0.05) is 0 Å². The van der Waals surface area contributed by atoms with Gasteiger partial charge in [-0.05, 0) is 18.2 Å². The highest BCUT2D eigenvalue weighted by molar-refractivity contribution is 6.28. The molecule has 1 rings (SSSR count). The average molecular weight is 243 g/mol. The van der Waals surface area contributed by atoms with E-state index in [1.54, 1.807) is 6.07 Å². The van der Waals surface area contributed by atoms with Crippen LogP contribution in [0.15, 0.2) is 23.2 Å². The number of carbonyl (C=O) groups is 1. The molecule has 3 N–H and O–H groups in total. The maximum Gasteiger partial charge on any atom is 0.339 e. The van der Waals surface area contributed by atoms with Gasteiger partial charge in [-0.15, -0.1) is 11.6 Å². The second-order valence-electron chi connectivity index (χ2n) is 2.93. The average Bonchev–Trinajstić information content (AvgIpc) is 2.28. The van der Waals surface area contributed by atoms with Gasteiger partial charge in [0.05, 0.1) is 18.7 Å². The first-order valence-corrected chi connectivity index (χ1v) is 4.92. The third-order valence-electron chi connectivity index (χ3n) is 1.82. The second kappa shape index (κ2) is 5.37. The van der Waals surface area contributed by atoms with Crippen molar-refractivity contribution in [1.82, 2.24) is 0 Å². The highest BCUT2D eigenvalue weighted by Crippen LogP contribution is 2.24. The number of nitrogens with zero attached hydrogens (tertiary/aromatic N) is 1. The summed E-state index contributed by atoms with van der Waals surface area (Å²) in [7, 11) is 1.40. The van der Waals surface area contributed by atoms with E-state index in [4.69, 9.17) is 27.2 Å². The van der Waals surface area contributed by atoms with Crippen LogP contribution in [0.25, 0.3) is 0 Å². The summed E-state index contributed by atoms with van der Waals surface area (Å²) >= 11 is 5.47. The fourth-order valence-corrected chi connectivity index (χ4v) is 1.19. The second-order valence-corrected chi connectivity index (χ2v) is 3.19. The Kier molecular flexibility index (Phi) is 4.13. The highest BCUT2D eigenvalue weighted by atomic mass is 35.5. The molecule has 0 amide bonds. The molecule has 0 aliphatic carbocycles. The van der Waals surface area contributed by atoms with Crippen LogP contribution in [-0.2, 0) is 0 Å². The summed E-state index contributed by atoms with van der Waals surface area (Å²) in [6.45, 7) is 0. The van der Waals surface area contributed by atoms with Crippen molar-refractivity contribution in [3.8, 4) is 5.75 Å². The van der Waals surface area contributed by atoms with Gasteiger partial charge < -0.3 is 15.6 Å². The van der Waals surface area contributed by atoms with E-state index in [1.165, 1.54) is 19.2 Å². The molecule has 5 nitrogen and oxygen atoms in total. The normalized spacial score (nSPS) is 11.2. The molecule has 0 heterocycles. The number of alkyl halides is 1. The molecule has 0 radical (unpaired) electrons. The van der Waals surface area contributed by atoms with Crippen LogP contribution in [0.5, 0.6) is 5.75 Å². The number of nitrogens with two attached hydrogens (primary N) is 1. The lowest BCUT2D eigenvalue weighted by Crippen LogP contribution is -2.12. The predicted molar refractivity (Wildman–Crippen MR) is 62.0 cm³/mol. The third kappa shape index (κ3) is 2.87. The zero-order valence-electron chi connectivity index (χ0n) is 8.61. The molecule has 6 heteroatoms. The molecule has 0 unspecified atom stereocenters. The molecule has 0 fully saturated rings. The predicted octanol–water partition coefficient (Wildman–Crippen LogP) is 1.62. The minimum atomic E-state index is -1.08. The first-order valence-electron chi connectivity index (χ1n) is 4.38. The van der Waals surface area contributed by atoms with Crippen LogP contribution in [0.4, 0.5) is 5.69 Å². The SMILES string of the molecule is COc1ccc(N=C(N)CCl)cc1C(=O)O. The van der Waals surface area contributed by atoms with Gasteiger partial charge in [0.1, 0.15) is 17.1 Å². The maximum atomic E-state index is 10.9. The Balaban J connectivity index is 3.17. The van der Waals surface area contributed by atoms with E-state index in [-0.39, 0.29) is 23.0 Å². The molecule has 0 bridgehead atoms. The van der Waals surface area contributed by atoms with Gasteiger partial charge in [-0.25, -0.2) is 9.79 Å². The van der Waals surface area contributed by atoms with Gasteiger partial charge >= 0.3 is 5.97 Å². The van der Waals surface area contributed by atoms with Gasteiger partial charge in [-0.1, -0.05) is 0 Å². The Morgan fingerprint density at radius 3 is 2.81 bits per heavy atom. The number of amidine groups is 1. The van der Waals surface area contributed by atoms with Crippen molar-refractivity contribution in [2.24, 2.45) is 10.7 Å². The van der Waals surface area contributed by atoms with E-state index in [1.807, 2.05) is 0 Å². The van der Waals surface area contributed by atoms with Crippen molar-refractivity contribution in [3.63, 3.8) is 0 Å². The monoisotopic (exact) mass is 242 g/mol. The number of hydrogen-bond donors (Lipinski definition) is 2. The molecule has 16 heavy (non-hydrogen) atoms. The molecule has 0 aromatic heterocycles. The quantitative estimate of drug-likeness (QED) is 0.477. The number of aliphatic imine (C=N–C) groups is 1. The Labute approximate surface area is 97.5 Å². The number of carboxylic acid groups (broad SMARTS) is 1. The zero-order chi connectivity index (χ0) is 12.1. The lowest BCUT2D eigenvalue weighted by atomic mass is 10.2. The largest absolute Gasteiger partial charge is 0.496 e. The van der Waals surface area contributed by atoms with Crippen molar-refractivity contribution >= 4 is 29.1 Å². The lowest BCUT2D eigenvalue weighted by Gasteiger charge is -2.05. The van der Waals surface area contributed by atoms with Crippen LogP contribution in [0.1, 0.15) is 10.4 Å². The topological polar surface area (TPSA) is 84.9 Å². The fourth-order valence-electron chi connectivity index (χ4n) is 1.13. The summed E-state index contributed by atoms with van der Waals surface area (Å²) in [6, 6.07) is 4.50. The Morgan fingerprint density at radius 1 is 1.62 bits per heavy atom. The van der Waals surface area contributed by atoms with E-state index in [0.29, 0.717) is 5.69 Å². The highest BCUT2D eigenvalue weighted by Gasteiger charge is 2.11. The zero-order valence-corrected chi connectivity index (χ0v) is 9.36. The molecular formula is C10H11ClN2O3. The Bertz CT molecular complexity index is 432.